The van der Waals surface area contributed by atoms with Gasteiger partial charge in [0.05, 0.1) is 24.9 Å². The van der Waals surface area contributed by atoms with Crippen LogP contribution in [0.4, 0.5) is 10.6 Å². The van der Waals surface area contributed by atoms with Crippen LogP contribution in [-0.4, -0.2) is 101 Å². The van der Waals surface area contributed by atoms with Crippen LogP contribution in [0.25, 0.3) is 11.1 Å². The molecule has 366 valence electrons. The Morgan fingerprint density at radius 2 is 1.42 bits per heavy atom. The first-order valence-electron chi connectivity index (χ1n) is 23.8. The van der Waals surface area contributed by atoms with E-state index in [2.05, 4.69) is 37.6 Å². The van der Waals surface area contributed by atoms with Gasteiger partial charge in [-0.05, 0) is 166 Å². The number of esters is 3. The van der Waals surface area contributed by atoms with E-state index in [1.165, 1.54) is 13.5 Å². The Labute approximate surface area is 397 Å². The summed E-state index contributed by atoms with van der Waals surface area (Å²) in [6.45, 7) is 25.8. The molecule has 4 fully saturated rings. The highest BCUT2D eigenvalue weighted by Crippen LogP contribution is 2.72. The summed E-state index contributed by atoms with van der Waals surface area (Å²) < 4.78 is 37.5. The van der Waals surface area contributed by atoms with E-state index in [-0.39, 0.29) is 46.8 Å². The minimum atomic E-state index is -0.768. The van der Waals surface area contributed by atoms with Crippen LogP contribution in [0.5, 0.6) is 5.75 Å². The summed E-state index contributed by atoms with van der Waals surface area (Å²) in [5.41, 5.74) is 2.72. The smallest absolute Gasteiger partial charge is 0.410 e. The van der Waals surface area contributed by atoms with Crippen molar-refractivity contribution in [3.63, 3.8) is 0 Å². The lowest BCUT2D eigenvalue weighted by Crippen LogP contribution is -2.64. The molecule has 8 rings (SSSR count). The molecule has 1 aromatic carbocycles. The van der Waals surface area contributed by atoms with Gasteiger partial charge in [-0.15, -0.1) is 0 Å². The van der Waals surface area contributed by atoms with E-state index in [1.807, 2.05) is 58.6 Å². The maximum absolute atomic E-state index is 14.2. The van der Waals surface area contributed by atoms with Crippen molar-refractivity contribution in [1.82, 2.24) is 14.5 Å². The summed E-state index contributed by atoms with van der Waals surface area (Å²) in [6.07, 6.45) is 8.63. The van der Waals surface area contributed by atoms with Crippen molar-refractivity contribution in [2.45, 2.75) is 164 Å². The van der Waals surface area contributed by atoms with Gasteiger partial charge in [0.2, 0.25) is 0 Å². The van der Waals surface area contributed by atoms with Crippen LogP contribution < -0.4 is 9.64 Å². The maximum atomic E-state index is 14.2. The van der Waals surface area contributed by atoms with Crippen molar-refractivity contribution in [3.05, 3.63) is 64.6 Å². The molecule has 1 aliphatic heterocycles. The van der Waals surface area contributed by atoms with Gasteiger partial charge in [0.25, 0.3) is 0 Å². The fourth-order valence-electron chi connectivity index (χ4n) is 12.5. The largest absolute Gasteiger partial charge is 0.482 e. The molecule has 2 aromatic heterocycles. The second kappa shape index (κ2) is 17.8. The SMILES string of the molecule is COC(=O)c1ccc(OCC(=O)OC(C)(C)C)c2c1CN(c1ccc(-c3ccn(CC45CC6(C)CC(C)(C4)CC(OCCN(C)C(=O)OC(C)(C)C)(C6)C5)c3C)c(C(=O)OC(C)(C)C)n1)CC2. The van der Waals surface area contributed by atoms with Crippen molar-refractivity contribution in [2.75, 3.05) is 45.4 Å². The van der Waals surface area contributed by atoms with Gasteiger partial charge >= 0.3 is 24.0 Å². The lowest BCUT2D eigenvalue weighted by atomic mass is 9.39. The molecule has 2 unspecified atom stereocenters. The monoisotopic (exact) mass is 927 g/mol. The summed E-state index contributed by atoms with van der Waals surface area (Å²) in [6, 6.07) is 9.31. The normalized spacial score (nSPS) is 24.5. The number of fused-ring (bicyclic) bond motifs is 1. The molecule has 1 amide bonds. The van der Waals surface area contributed by atoms with Crippen molar-refractivity contribution in [1.29, 1.82) is 0 Å². The third kappa shape index (κ3) is 11.3. The number of likely N-dealkylation sites (N-methyl/N-ethyl adjacent to an activating group) is 1. The predicted molar refractivity (Wildman–Crippen MR) is 255 cm³/mol. The summed E-state index contributed by atoms with van der Waals surface area (Å²) in [4.78, 5) is 61.3. The van der Waals surface area contributed by atoms with Crippen molar-refractivity contribution < 1.29 is 47.6 Å². The van der Waals surface area contributed by atoms with Gasteiger partial charge in [0.15, 0.2) is 12.3 Å². The zero-order valence-electron chi connectivity index (χ0n) is 42.5. The first-order valence-corrected chi connectivity index (χ1v) is 23.8. The Bertz CT molecular complexity index is 2380. The van der Waals surface area contributed by atoms with E-state index in [4.69, 9.17) is 33.4 Å². The minimum Gasteiger partial charge on any atom is -0.482 e. The van der Waals surface area contributed by atoms with Gasteiger partial charge < -0.3 is 42.8 Å². The zero-order chi connectivity index (χ0) is 49.1. The van der Waals surface area contributed by atoms with E-state index >= 15 is 0 Å². The van der Waals surface area contributed by atoms with E-state index in [1.54, 1.807) is 44.9 Å². The number of aromatic nitrogens is 2. The summed E-state index contributed by atoms with van der Waals surface area (Å²) in [7, 11) is 3.11. The molecule has 67 heavy (non-hydrogen) atoms. The van der Waals surface area contributed by atoms with Gasteiger partial charge in [-0.1, -0.05) is 13.8 Å². The zero-order valence-corrected chi connectivity index (χ0v) is 42.5. The number of ether oxygens (including phenoxy) is 6. The Morgan fingerprint density at radius 1 is 0.761 bits per heavy atom. The van der Waals surface area contributed by atoms with Crippen LogP contribution in [0, 0.1) is 23.2 Å². The molecule has 0 radical (unpaired) electrons. The molecule has 2 atom stereocenters. The average molecular weight is 927 g/mol. The number of amides is 1. The molecule has 3 aromatic rings. The molecular weight excluding hydrogens is 853 g/mol. The van der Waals surface area contributed by atoms with Crippen LogP contribution >= 0.6 is 0 Å². The van der Waals surface area contributed by atoms with E-state index in [0.717, 1.165) is 55.5 Å². The number of hydrogen-bond donors (Lipinski definition) is 0. The molecule has 0 spiro atoms. The molecule has 5 aliphatic rings. The van der Waals surface area contributed by atoms with Gasteiger partial charge in [0, 0.05) is 61.8 Å². The Hall–Kier alpha value is -5.11. The number of carbonyl (C=O) groups excluding carboxylic acids is 4. The Kier molecular flexibility index (Phi) is 13.2. The van der Waals surface area contributed by atoms with Gasteiger partial charge in [-0.25, -0.2) is 24.2 Å². The van der Waals surface area contributed by atoms with Crippen molar-refractivity contribution >= 4 is 29.8 Å². The Balaban J connectivity index is 1.15. The van der Waals surface area contributed by atoms with Crippen LogP contribution in [0.2, 0.25) is 0 Å². The number of hydrogen-bond acceptors (Lipinski definition) is 12. The van der Waals surface area contributed by atoms with E-state index in [0.29, 0.717) is 54.4 Å². The second-order valence-corrected chi connectivity index (χ2v) is 23.7. The second-order valence-electron chi connectivity index (χ2n) is 23.7. The van der Waals surface area contributed by atoms with Crippen LogP contribution in [0.1, 0.15) is 152 Å². The molecular formula is C53H74N4O10. The van der Waals surface area contributed by atoms with Crippen molar-refractivity contribution in [2.24, 2.45) is 16.2 Å². The van der Waals surface area contributed by atoms with Crippen LogP contribution in [-0.2, 0) is 48.0 Å². The molecule has 4 aliphatic carbocycles. The molecule has 0 saturated heterocycles. The number of rotatable bonds is 13. The van der Waals surface area contributed by atoms with Crippen LogP contribution in [0.3, 0.4) is 0 Å². The highest BCUT2D eigenvalue weighted by molar-refractivity contribution is 5.96. The fraction of sp³-hybridized carbons (Fsp3) is 0.642. The first kappa shape index (κ1) is 49.8. The van der Waals surface area contributed by atoms with Gasteiger partial charge in [-0.3, -0.25) is 0 Å². The third-order valence-electron chi connectivity index (χ3n) is 13.6. The number of pyridine rings is 1. The quantitative estimate of drug-likeness (QED) is 0.119. The van der Waals surface area contributed by atoms with E-state index in [9.17, 15) is 19.2 Å². The van der Waals surface area contributed by atoms with E-state index < -0.39 is 34.7 Å². The van der Waals surface area contributed by atoms with Crippen LogP contribution in [0.15, 0.2) is 36.5 Å². The average Bonchev–Trinajstić information content (AvgIpc) is 3.53. The Morgan fingerprint density at radius 3 is 2.04 bits per heavy atom. The standard InChI is InChI=1S/C53H74N4O10/c1-34-35(19-22-57(34)33-52-28-50(11)27-51(12,29-52)31-53(30-50,32-52)64-24-23-55(13)46(61)67-49(8,9)10)37-16-18-41(54-43(37)45(60)66-48(5,6)7)56-21-20-36-39(25-56)38(44(59)62-14)15-17-40(36)63-26-42(58)65-47(2,3)4/h15-19,22H,20-21,23-33H2,1-14H3. The molecule has 4 saturated carbocycles. The summed E-state index contributed by atoms with van der Waals surface area (Å²) in [5, 5.41) is 0. The highest BCUT2D eigenvalue weighted by Gasteiger charge is 2.66. The predicted octanol–water partition coefficient (Wildman–Crippen LogP) is 9.89. The maximum Gasteiger partial charge on any atom is 0.410 e. The number of methoxy groups -OCH3 is 1. The minimum absolute atomic E-state index is 0.000708. The molecule has 0 N–H and O–H groups in total. The number of anilines is 1. The first-order chi connectivity index (χ1) is 31.0. The summed E-state index contributed by atoms with van der Waals surface area (Å²) in [5.74, 6) is -0.458. The lowest BCUT2D eigenvalue weighted by Gasteiger charge is -2.69. The summed E-state index contributed by atoms with van der Waals surface area (Å²) >= 11 is 0. The molecule has 3 heterocycles. The fourth-order valence-corrected chi connectivity index (χ4v) is 12.5. The molecule has 14 heteroatoms. The third-order valence-corrected chi connectivity index (χ3v) is 13.6. The number of benzene rings is 1. The van der Waals surface area contributed by atoms with Crippen molar-refractivity contribution in [3.8, 4) is 16.9 Å². The van der Waals surface area contributed by atoms with Gasteiger partial charge in [0.1, 0.15) is 28.4 Å². The van der Waals surface area contributed by atoms with Gasteiger partial charge in [-0.2, -0.15) is 0 Å². The number of nitrogens with zero attached hydrogens (tertiary/aromatic N) is 4. The molecule has 4 bridgehead atoms. The lowest BCUT2D eigenvalue weighted by molar-refractivity contribution is -0.248. The highest BCUT2D eigenvalue weighted by atomic mass is 16.6. The number of carbonyl (C=O) groups is 4. The molecule has 14 nitrogen and oxygen atoms in total. The topological polar surface area (TPSA) is 148 Å².